The standard InChI is InChI=1S/C14H21N3O4/c1-20-7-3-4-10(15)14(19)17-11-8-9(13(16)18)5-6-12(11)21-2/h5-6,8,10H,3-4,7,15H2,1-2H3,(H2,16,18)(H,17,19). The molecule has 0 aliphatic heterocycles. The van der Waals surface area contributed by atoms with Crippen molar-refractivity contribution in [2.24, 2.45) is 11.5 Å². The molecule has 116 valence electrons. The van der Waals surface area contributed by atoms with Crippen molar-refractivity contribution in [2.75, 3.05) is 26.1 Å². The quantitative estimate of drug-likeness (QED) is 0.603. The van der Waals surface area contributed by atoms with E-state index in [0.29, 0.717) is 30.9 Å². The average Bonchev–Trinajstić information content (AvgIpc) is 2.47. The summed E-state index contributed by atoms with van der Waals surface area (Å²) in [6.07, 6.45) is 1.18. The molecule has 7 heteroatoms. The first-order valence-corrected chi connectivity index (χ1v) is 6.52. The van der Waals surface area contributed by atoms with Crippen LogP contribution in [0.1, 0.15) is 23.2 Å². The first-order valence-electron chi connectivity index (χ1n) is 6.52. The fourth-order valence-corrected chi connectivity index (χ4v) is 1.76. The van der Waals surface area contributed by atoms with Crippen LogP contribution in [0.3, 0.4) is 0 Å². The van der Waals surface area contributed by atoms with Gasteiger partial charge in [0.05, 0.1) is 18.8 Å². The Hall–Kier alpha value is -2.12. The summed E-state index contributed by atoms with van der Waals surface area (Å²) in [5.74, 6) is -0.513. The smallest absolute Gasteiger partial charge is 0.248 e. The van der Waals surface area contributed by atoms with Crippen LogP contribution in [0.25, 0.3) is 0 Å². The zero-order valence-corrected chi connectivity index (χ0v) is 12.2. The van der Waals surface area contributed by atoms with Gasteiger partial charge in [0.25, 0.3) is 0 Å². The lowest BCUT2D eigenvalue weighted by Gasteiger charge is -2.15. The Morgan fingerprint density at radius 1 is 1.33 bits per heavy atom. The normalized spacial score (nSPS) is 11.8. The molecule has 5 N–H and O–H groups in total. The molecule has 2 amide bonds. The molecule has 0 fully saturated rings. The molecule has 1 unspecified atom stereocenters. The average molecular weight is 295 g/mol. The van der Waals surface area contributed by atoms with Gasteiger partial charge in [-0.05, 0) is 31.0 Å². The highest BCUT2D eigenvalue weighted by Crippen LogP contribution is 2.25. The van der Waals surface area contributed by atoms with Gasteiger partial charge in [0.15, 0.2) is 0 Å². The summed E-state index contributed by atoms with van der Waals surface area (Å²) in [6.45, 7) is 0.543. The third-order valence-electron chi connectivity index (χ3n) is 2.94. The van der Waals surface area contributed by atoms with Crippen molar-refractivity contribution in [2.45, 2.75) is 18.9 Å². The number of nitrogens with two attached hydrogens (primary N) is 2. The van der Waals surface area contributed by atoms with E-state index in [1.807, 2.05) is 0 Å². The van der Waals surface area contributed by atoms with Crippen molar-refractivity contribution in [1.82, 2.24) is 0 Å². The molecule has 0 radical (unpaired) electrons. The molecule has 0 bridgehead atoms. The Kier molecular flexibility index (Phi) is 6.64. The van der Waals surface area contributed by atoms with Crippen LogP contribution in [0.4, 0.5) is 5.69 Å². The second-order valence-electron chi connectivity index (χ2n) is 4.51. The van der Waals surface area contributed by atoms with E-state index in [9.17, 15) is 9.59 Å². The number of carbonyl (C=O) groups excluding carboxylic acids is 2. The van der Waals surface area contributed by atoms with Crippen LogP contribution in [-0.2, 0) is 9.53 Å². The van der Waals surface area contributed by atoms with Gasteiger partial charge in [-0.1, -0.05) is 0 Å². The largest absolute Gasteiger partial charge is 0.495 e. The van der Waals surface area contributed by atoms with Gasteiger partial charge in [0, 0.05) is 19.3 Å². The molecule has 21 heavy (non-hydrogen) atoms. The number of hydrogen-bond acceptors (Lipinski definition) is 5. The van der Waals surface area contributed by atoms with Crippen molar-refractivity contribution < 1.29 is 19.1 Å². The lowest BCUT2D eigenvalue weighted by Crippen LogP contribution is -2.35. The van der Waals surface area contributed by atoms with E-state index in [2.05, 4.69) is 5.32 Å². The van der Waals surface area contributed by atoms with Crippen LogP contribution in [-0.4, -0.2) is 38.7 Å². The van der Waals surface area contributed by atoms with Crippen LogP contribution in [0.15, 0.2) is 18.2 Å². The summed E-state index contributed by atoms with van der Waals surface area (Å²) in [7, 11) is 3.05. The highest BCUT2D eigenvalue weighted by atomic mass is 16.5. The second kappa shape index (κ2) is 8.23. The fourth-order valence-electron chi connectivity index (χ4n) is 1.76. The molecule has 1 aromatic rings. The minimum absolute atomic E-state index is 0.277. The maximum Gasteiger partial charge on any atom is 0.248 e. The molecular weight excluding hydrogens is 274 g/mol. The van der Waals surface area contributed by atoms with Crippen molar-refractivity contribution in [1.29, 1.82) is 0 Å². The van der Waals surface area contributed by atoms with Crippen molar-refractivity contribution in [3.63, 3.8) is 0 Å². The minimum atomic E-state index is -0.665. The summed E-state index contributed by atoms with van der Waals surface area (Å²) in [5.41, 5.74) is 11.6. The van der Waals surface area contributed by atoms with Crippen molar-refractivity contribution in [3.8, 4) is 5.75 Å². The van der Waals surface area contributed by atoms with Gasteiger partial charge in [0.1, 0.15) is 5.75 Å². The number of methoxy groups -OCH3 is 2. The number of carbonyl (C=O) groups is 2. The van der Waals surface area contributed by atoms with Crippen LogP contribution < -0.4 is 21.5 Å². The number of hydrogen-bond donors (Lipinski definition) is 3. The van der Waals surface area contributed by atoms with Crippen molar-refractivity contribution in [3.05, 3.63) is 23.8 Å². The van der Waals surface area contributed by atoms with Gasteiger partial charge >= 0.3 is 0 Å². The lowest BCUT2D eigenvalue weighted by molar-refractivity contribution is -0.117. The van der Waals surface area contributed by atoms with E-state index in [1.54, 1.807) is 13.2 Å². The highest BCUT2D eigenvalue weighted by molar-refractivity contribution is 5.99. The molecule has 0 saturated carbocycles. The predicted octanol–water partition coefficient (Wildman–Crippen LogP) is 0.487. The van der Waals surface area contributed by atoms with Gasteiger partial charge in [0.2, 0.25) is 11.8 Å². The summed E-state index contributed by atoms with van der Waals surface area (Å²) in [5, 5.41) is 2.65. The molecular formula is C14H21N3O4. The lowest BCUT2D eigenvalue weighted by atomic mass is 10.1. The Bertz CT molecular complexity index is 505. The Balaban J connectivity index is 2.78. The number of benzene rings is 1. The van der Waals surface area contributed by atoms with E-state index in [1.165, 1.54) is 19.2 Å². The monoisotopic (exact) mass is 295 g/mol. The molecule has 1 atom stereocenters. The van der Waals surface area contributed by atoms with Crippen LogP contribution in [0.5, 0.6) is 5.75 Å². The Morgan fingerprint density at radius 2 is 2.05 bits per heavy atom. The summed E-state index contributed by atoms with van der Waals surface area (Å²) in [4.78, 5) is 23.2. The molecule has 1 rings (SSSR count). The maximum absolute atomic E-state index is 12.0. The van der Waals surface area contributed by atoms with Gasteiger partial charge < -0.3 is 26.3 Å². The van der Waals surface area contributed by atoms with E-state index < -0.39 is 11.9 Å². The molecule has 7 nitrogen and oxygen atoms in total. The van der Waals surface area contributed by atoms with Crippen LogP contribution in [0, 0.1) is 0 Å². The number of primary amides is 1. The predicted molar refractivity (Wildman–Crippen MR) is 79.2 cm³/mol. The van der Waals surface area contributed by atoms with E-state index in [-0.39, 0.29) is 11.5 Å². The Morgan fingerprint density at radius 3 is 2.62 bits per heavy atom. The number of amides is 2. The molecule has 0 spiro atoms. The Labute approximate surface area is 123 Å². The van der Waals surface area contributed by atoms with E-state index >= 15 is 0 Å². The zero-order chi connectivity index (χ0) is 15.8. The molecule has 1 aromatic carbocycles. The molecule has 0 heterocycles. The summed E-state index contributed by atoms with van der Waals surface area (Å²) < 4.78 is 10.0. The minimum Gasteiger partial charge on any atom is -0.495 e. The molecule has 0 aromatic heterocycles. The van der Waals surface area contributed by atoms with Gasteiger partial charge in [-0.25, -0.2) is 0 Å². The van der Waals surface area contributed by atoms with E-state index in [4.69, 9.17) is 20.9 Å². The first kappa shape index (κ1) is 16.9. The highest BCUT2D eigenvalue weighted by Gasteiger charge is 2.16. The number of anilines is 1. The summed E-state index contributed by atoms with van der Waals surface area (Å²) >= 11 is 0. The summed E-state index contributed by atoms with van der Waals surface area (Å²) in [6, 6.07) is 3.88. The second-order valence-corrected chi connectivity index (χ2v) is 4.51. The van der Waals surface area contributed by atoms with Gasteiger partial charge in [-0.3, -0.25) is 9.59 Å². The first-order chi connectivity index (χ1) is 9.99. The maximum atomic E-state index is 12.0. The number of nitrogens with one attached hydrogen (secondary N) is 1. The van der Waals surface area contributed by atoms with Gasteiger partial charge in [-0.2, -0.15) is 0 Å². The molecule has 0 saturated heterocycles. The molecule has 0 aliphatic carbocycles. The SMILES string of the molecule is COCCCC(N)C(=O)Nc1cc(C(N)=O)ccc1OC. The molecule has 0 aliphatic rings. The third kappa shape index (κ3) is 5.05. The number of ether oxygens (including phenoxy) is 2. The van der Waals surface area contributed by atoms with Crippen LogP contribution in [0.2, 0.25) is 0 Å². The van der Waals surface area contributed by atoms with E-state index in [0.717, 1.165) is 0 Å². The van der Waals surface area contributed by atoms with Gasteiger partial charge in [-0.15, -0.1) is 0 Å². The topological polar surface area (TPSA) is 117 Å². The van der Waals surface area contributed by atoms with Crippen LogP contribution >= 0.6 is 0 Å². The van der Waals surface area contributed by atoms with Crippen molar-refractivity contribution >= 4 is 17.5 Å². The number of rotatable bonds is 8. The fraction of sp³-hybridized carbons (Fsp3) is 0.429. The zero-order valence-electron chi connectivity index (χ0n) is 12.2. The third-order valence-corrected chi connectivity index (χ3v) is 2.94.